The van der Waals surface area contributed by atoms with Gasteiger partial charge in [0.15, 0.2) is 0 Å². The topological polar surface area (TPSA) is 76.0 Å². The van der Waals surface area contributed by atoms with Gasteiger partial charge in [0.1, 0.15) is 0 Å². The maximum atomic E-state index is 12.4. The quantitative estimate of drug-likeness (QED) is 0.869. The summed E-state index contributed by atoms with van der Waals surface area (Å²) in [6.45, 7) is 3.14. The molecule has 0 saturated carbocycles. The minimum Gasteiger partial charge on any atom is -0.350 e. The first kappa shape index (κ1) is 14.7. The van der Waals surface area contributed by atoms with Gasteiger partial charge in [0.2, 0.25) is 5.91 Å². The molecule has 1 amide bonds. The van der Waals surface area contributed by atoms with Gasteiger partial charge < -0.3 is 10.6 Å². The Bertz CT molecular complexity index is 734. The molecule has 2 N–H and O–H groups in total. The number of hydrogen-bond donors (Lipinski definition) is 2. The summed E-state index contributed by atoms with van der Waals surface area (Å²) in [5, 5.41) is 11.8. The summed E-state index contributed by atoms with van der Waals surface area (Å²) in [7, 11) is 0. The number of carbonyl (C=O) groups is 1. The third-order valence-electron chi connectivity index (χ3n) is 3.97. The molecule has 0 unspecified atom stereocenters. The number of carbonyl (C=O) groups excluding carboxylic acids is 1. The van der Waals surface area contributed by atoms with Crippen LogP contribution in [0.25, 0.3) is 10.8 Å². The predicted molar refractivity (Wildman–Crippen MR) is 84.6 cm³/mol. The molecule has 0 radical (unpaired) electrons. The lowest BCUT2D eigenvalue weighted by Gasteiger charge is -2.17. The summed E-state index contributed by atoms with van der Waals surface area (Å²) in [6, 6.07) is 7.12. The SMILES string of the molecule is C[C@@H](Cn1ncc2ccccc2c1=O)NC(=O)[C@H]1CCCN1. The fraction of sp³-hybridized carbons (Fsp3) is 0.438. The number of nitrogens with one attached hydrogen (secondary N) is 2. The second-order valence-electron chi connectivity index (χ2n) is 5.78. The third kappa shape index (κ3) is 3.01. The van der Waals surface area contributed by atoms with Crippen molar-refractivity contribution in [1.82, 2.24) is 20.4 Å². The van der Waals surface area contributed by atoms with Gasteiger partial charge >= 0.3 is 0 Å². The fourth-order valence-electron chi connectivity index (χ4n) is 2.81. The molecule has 22 heavy (non-hydrogen) atoms. The molecule has 6 heteroatoms. The lowest BCUT2D eigenvalue weighted by Crippen LogP contribution is -2.46. The minimum absolute atomic E-state index is 0.00108. The molecule has 2 aromatic rings. The van der Waals surface area contributed by atoms with Crippen molar-refractivity contribution in [3.63, 3.8) is 0 Å². The van der Waals surface area contributed by atoms with Crippen LogP contribution in [-0.4, -0.2) is 34.3 Å². The second-order valence-corrected chi connectivity index (χ2v) is 5.78. The average molecular weight is 300 g/mol. The van der Waals surface area contributed by atoms with Crippen LogP contribution in [0.4, 0.5) is 0 Å². The van der Waals surface area contributed by atoms with Crippen molar-refractivity contribution in [2.75, 3.05) is 6.54 Å². The van der Waals surface area contributed by atoms with Crippen molar-refractivity contribution >= 4 is 16.7 Å². The molecule has 0 spiro atoms. The number of hydrogen-bond acceptors (Lipinski definition) is 4. The maximum absolute atomic E-state index is 12.4. The summed E-state index contributed by atoms with van der Waals surface area (Å²) in [5.41, 5.74) is -0.127. The van der Waals surface area contributed by atoms with E-state index in [1.54, 1.807) is 12.3 Å². The van der Waals surface area contributed by atoms with Crippen molar-refractivity contribution < 1.29 is 4.79 Å². The van der Waals surface area contributed by atoms with Crippen molar-refractivity contribution in [1.29, 1.82) is 0 Å². The van der Waals surface area contributed by atoms with Crippen molar-refractivity contribution in [2.24, 2.45) is 0 Å². The zero-order valence-electron chi connectivity index (χ0n) is 12.6. The van der Waals surface area contributed by atoms with Gasteiger partial charge in [-0.15, -0.1) is 0 Å². The first-order valence-electron chi connectivity index (χ1n) is 7.64. The van der Waals surface area contributed by atoms with Gasteiger partial charge in [0.05, 0.1) is 24.2 Å². The van der Waals surface area contributed by atoms with E-state index in [-0.39, 0.29) is 23.6 Å². The van der Waals surface area contributed by atoms with E-state index >= 15 is 0 Å². The van der Waals surface area contributed by atoms with Gasteiger partial charge in [0, 0.05) is 11.4 Å². The van der Waals surface area contributed by atoms with E-state index in [4.69, 9.17) is 0 Å². The summed E-state index contributed by atoms with van der Waals surface area (Å²) < 4.78 is 1.41. The summed E-state index contributed by atoms with van der Waals surface area (Å²) in [4.78, 5) is 24.4. The Morgan fingerprint density at radius 1 is 1.50 bits per heavy atom. The van der Waals surface area contributed by atoms with Crippen LogP contribution in [0.1, 0.15) is 19.8 Å². The van der Waals surface area contributed by atoms with Gasteiger partial charge in [-0.1, -0.05) is 18.2 Å². The summed E-state index contributed by atoms with van der Waals surface area (Å²) in [6.07, 6.45) is 3.58. The van der Waals surface area contributed by atoms with Gasteiger partial charge in [-0.05, 0) is 32.4 Å². The normalized spacial score (nSPS) is 19.2. The van der Waals surface area contributed by atoms with Gasteiger partial charge in [-0.3, -0.25) is 9.59 Å². The third-order valence-corrected chi connectivity index (χ3v) is 3.97. The zero-order valence-corrected chi connectivity index (χ0v) is 12.6. The van der Waals surface area contributed by atoms with Crippen LogP contribution < -0.4 is 16.2 Å². The van der Waals surface area contributed by atoms with E-state index in [0.717, 1.165) is 24.8 Å². The fourth-order valence-corrected chi connectivity index (χ4v) is 2.81. The molecular formula is C16H20N4O2. The lowest BCUT2D eigenvalue weighted by molar-refractivity contribution is -0.123. The van der Waals surface area contributed by atoms with E-state index in [2.05, 4.69) is 15.7 Å². The van der Waals surface area contributed by atoms with Crippen LogP contribution in [0.2, 0.25) is 0 Å². The van der Waals surface area contributed by atoms with Crippen molar-refractivity contribution in [3.8, 4) is 0 Å². The monoisotopic (exact) mass is 300 g/mol. The molecule has 2 atom stereocenters. The van der Waals surface area contributed by atoms with E-state index in [1.165, 1.54) is 4.68 Å². The van der Waals surface area contributed by atoms with Crippen LogP contribution >= 0.6 is 0 Å². The molecule has 2 heterocycles. The van der Waals surface area contributed by atoms with Crippen LogP contribution in [-0.2, 0) is 11.3 Å². The Morgan fingerprint density at radius 2 is 2.32 bits per heavy atom. The molecule has 1 aromatic heterocycles. The Hall–Kier alpha value is -2.21. The van der Waals surface area contributed by atoms with Crippen LogP contribution in [0, 0.1) is 0 Å². The number of amides is 1. The van der Waals surface area contributed by atoms with E-state index in [1.807, 2.05) is 25.1 Å². The van der Waals surface area contributed by atoms with Gasteiger partial charge in [0.25, 0.3) is 5.56 Å². The highest BCUT2D eigenvalue weighted by Crippen LogP contribution is 2.07. The molecule has 0 aliphatic carbocycles. The molecule has 1 saturated heterocycles. The molecule has 1 aliphatic heterocycles. The van der Waals surface area contributed by atoms with Crippen LogP contribution in [0.5, 0.6) is 0 Å². The van der Waals surface area contributed by atoms with Crippen LogP contribution in [0.3, 0.4) is 0 Å². The second kappa shape index (κ2) is 6.27. The molecule has 1 fully saturated rings. The standard InChI is InChI=1S/C16H20N4O2/c1-11(19-15(21)14-7-4-8-17-14)10-20-16(22)13-6-3-2-5-12(13)9-18-20/h2-3,5-6,9,11,14,17H,4,7-8,10H2,1H3,(H,19,21)/t11-,14+/m0/s1. The highest BCUT2D eigenvalue weighted by molar-refractivity contribution is 5.82. The average Bonchev–Trinajstić information content (AvgIpc) is 3.05. The van der Waals surface area contributed by atoms with E-state index < -0.39 is 0 Å². The molecular weight excluding hydrogens is 280 g/mol. The molecule has 6 nitrogen and oxygen atoms in total. The largest absolute Gasteiger partial charge is 0.350 e. The molecule has 116 valence electrons. The number of aromatic nitrogens is 2. The highest BCUT2D eigenvalue weighted by atomic mass is 16.2. The highest BCUT2D eigenvalue weighted by Gasteiger charge is 2.23. The lowest BCUT2D eigenvalue weighted by atomic mass is 10.2. The van der Waals surface area contributed by atoms with Crippen LogP contribution in [0.15, 0.2) is 35.3 Å². The Morgan fingerprint density at radius 3 is 3.09 bits per heavy atom. The molecule has 3 rings (SSSR count). The zero-order chi connectivity index (χ0) is 15.5. The number of fused-ring (bicyclic) bond motifs is 1. The van der Waals surface area contributed by atoms with Crippen molar-refractivity contribution in [2.45, 2.75) is 38.4 Å². The van der Waals surface area contributed by atoms with Gasteiger partial charge in [-0.2, -0.15) is 5.10 Å². The van der Waals surface area contributed by atoms with E-state index in [0.29, 0.717) is 11.9 Å². The van der Waals surface area contributed by atoms with E-state index in [9.17, 15) is 9.59 Å². The number of nitrogens with zero attached hydrogens (tertiary/aromatic N) is 2. The van der Waals surface area contributed by atoms with Gasteiger partial charge in [-0.25, -0.2) is 4.68 Å². The van der Waals surface area contributed by atoms with Crippen molar-refractivity contribution in [3.05, 3.63) is 40.8 Å². The number of rotatable bonds is 4. The summed E-state index contributed by atoms with van der Waals surface area (Å²) >= 11 is 0. The summed E-state index contributed by atoms with van der Waals surface area (Å²) in [5.74, 6) is -0.00108. The predicted octanol–water partition coefficient (Wildman–Crippen LogP) is 0.653. The smallest absolute Gasteiger partial charge is 0.274 e. The Balaban J connectivity index is 1.71. The molecule has 1 aromatic carbocycles. The Kier molecular flexibility index (Phi) is 4.20. The Labute approximate surface area is 128 Å². The maximum Gasteiger partial charge on any atom is 0.274 e. The molecule has 0 bridgehead atoms. The first-order valence-corrected chi connectivity index (χ1v) is 7.64. The number of benzene rings is 1. The minimum atomic E-state index is -0.152. The molecule has 1 aliphatic rings. The first-order chi connectivity index (χ1) is 10.6.